The number of rotatable bonds is 7. The fourth-order valence-electron chi connectivity index (χ4n) is 5.31. The Labute approximate surface area is 232 Å². The van der Waals surface area contributed by atoms with Crippen LogP contribution in [0.5, 0.6) is 0 Å². The molecule has 0 atom stereocenters. The quantitative estimate of drug-likeness (QED) is 0.396. The molecule has 0 bridgehead atoms. The van der Waals surface area contributed by atoms with E-state index in [2.05, 4.69) is 43.5 Å². The summed E-state index contributed by atoms with van der Waals surface area (Å²) in [4.78, 5) is 40.3. The average molecular weight is 533 g/mol. The van der Waals surface area contributed by atoms with Crippen LogP contribution >= 0.6 is 0 Å². The number of carbonyl (C=O) groups is 1. The van der Waals surface area contributed by atoms with E-state index in [0.29, 0.717) is 17.2 Å². The minimum atomic E-state index is -0.199. The number of pyridine rings is 1. The first-order valence-corrected chi connectivity index (χ1v) is 14.0. The van der Waals surface area contributed by atoms with Crippen LogP contribution in [-0.2, 0) is 6.54 Å². The van der Waals surface area contributed by atoms with Crippen LogP contribution in [0, 0.1) is 27.7 Å². The molecular weight excluding hydrogens is 488 g/mol. The van der Waals surface area contributed by atoms with E-state index in [-0.39, 0.29) is 18.0 Å². The number of amides is 1. The number of hydrogen-bond donors (Lipinski definition) is 3. The van der Waals surface area contributed by atoms with Crippen molar-refractivity contribution in [3.63, 3.8) is 0 Å². The van der Waals surface area contributed by atoms with Crippen LogP contribution in [0.25, 0.3) is 11.3 Å². The highest BCUT2D eigenvalue weighted by Gasteiger charge is 2.25. The molecule has 2 heterocycles. The Morgan fingerprint density at radius 3 is 2.31 bits per heavy atom. The first-order chi connectivity index (χ1) is 18.7. The summed E-state index contributed by atoms with van der Waals surface area (Å²) in [7, 11) is 3.75. The van der Waals surface area contributed by atoms with Gasteiger partial charge in [-0.15, -0.1) is 0 Å². The van der Waals surface area contributed by atoms with Crippen molar-refractivity contribution < 1.29 is 4.79 Å². The Morgan fingerprint density at radius 2 is 1.72 bits per heavy atom. The lowest BCUT2D eigenvalue weighted by atomic mass is 9.92. The summed E-state index contributed by atoms with van der Waals surface area (Å²) in [5.74, 6) is -0.199. The van der Waals surface area contributed by atoms with Crippen LogP contribution in [0.1, 0.15) is 77.5 Å². The minimum absolute atomic E-state index is 0.164. The summed E-state index contributed by atoms with van der Waals surface area (Å²) in [5, 5.41) is 5.75. The molecule has 2 aromatic heterocycles. The maximum atomic E-state index is 13.5. The van der Waals surface area contributed by atoms with Crippen molar-refractivity contribution in [3.8, 4) is 11.3 Å². The Kier molecular flexibility index (Phi) is 10.8. The van der Waals surface area contributed by atoms with Gasteiger partial charge in [0.05, 0.1) is 17.6 Å². The van der Waals surface area contributed by atoms with Gasteiger partial charge >= 0.3 is 0 Å². The van der Waals surface area contributed by atoms with E-state index in [9.17, 15) is 9.59 Å². The Morgan fingerprint density at radius 1 is 1.03 bits per heavy atom. The molecule has 39 heavy (non-hydrogen) atoms. The maximum absolute atomic E-state index is 13.5. The van der Waals surface area contributed by atoms with Crippen LogP contribution in [-0.4, -0.2) is 47.5 Å². The van der Waals surface area contributed by atoms with Crippen LogP contribution in [0.15, 0.2) is 35.4 Å². The number of aryl methyl sites for hydroxylation is 3. The Hall–Kier alpha value is -3.52. The summed E-state index contributed by atoms with van der Waals surface area (Å²) in [6, 6.07) is 6.44. The highest BCUT2D eigenvalue weighted by atomic mass is 16.1. The zero-order valence-electron chi connectivity index (χ0n) is 24.6. The van der Waals surface area contributed by atoms with Gasteiger partial charge in [-0.1, -0.05) is 19.3 Å². The molecule has 3 N–H and O–H groups in total. The van der Waals surface area contributed by atoms with Gasteiger partial charge in [0.25, 0.3) is 11.5 Å². The molecular formula is C31H44N6O2. The van der Waals surface area contributed by atoms with Gasteiger partial charge in [0.1, 0.15) is 0 Å². The summed E-state index contributed by atoms with van der Waals surface area (Å²) < 4.78 is 0. The van der Waals surface area contributed by atoms with Gasteiger partial charge in [0, 0.05) is 53.4 Å². The molecule has 0 unspecified atom stereocenters. The first kappa shape index (κ1) is 30.0. The molecule has 1 aliphatic carbocycles. The number of aromatic nitrogens is 3. The fourth-order valence-corrected chi connectivity index (χ4v) is 5.31. The molecule has 1 aromatic carbocycles. The van der Waals surface area contributed by atoms with Gasteiger partial charge < -0.3 is 20.5 Å². The van der Waals surface area contributed by atoms with Crippen LogP contribution < -0.4 is 21.1 Å². The third-order valence-corrected chi connectivity index (χ3v) is 7.29. The fraction of sp³-hybridized carbons (Fsp3) is 0.484. The Balaban J connectivity index is 0.00000134. The minimum Gasteiger partial charge on any atom is -0.369 e. The number of H-pyrrole nitrogens is 1. The molecule has 3 aromatic rings. The highest BCUT2D eigenvalue weighted by molar-refractivity contribution is 5.98. The normalized spacial score (nSPS) is 13.4. The SMILES string of the molecule is CCN(c1cc(-c2cnc(C)cn2)cc(C(=O)NCc2c(C)cc(C)[nH]c2=O)c1C)C1CCCCC1.CNC. The van der Waals surface area contributed by atoms with Crippen LogP contribution in [0.3, 0.4) is 0 Å². The molecule has 0 spiro atoms. The van der Waals surface area contributed by atoms with E-state index < -0.39 is 0 Å². The summed E-state index contributed by atoms with van der Waals surface area (Å²) >= 11 is 0. The molecule has 4 rings (SSSR count). The number of nitrogens with zero attached hydrogens (tertiary/aromatic N) is 3. The van der Waals surface area contributed by atoms with E-state index in [1.807, 2.05) is 53.9 Å². The third-order valence-electron chi connectivity index (χ3n) is 7.29. The summed E-state index contributed by atoms with van der Waals surface area (Å²) in [5.41, 5.74) is 7.15. The molecule has 8 nitrogen and oxygen atoms in total. The van der Waals surface area contributed by atoms with E-state index >= 15 is 0 Å². The predicted octanol–water partition coefficient (Wildman–Crippen LogP) is 4.99. The zero-order chi connectivity index (χ0) is 28.5. The molecule has 1 aliphatic rings. The van der Waals surface area contributed by atoms with Crippen molar-refractivity contribution in [3.05, 3.63) is 74.6 Å². The predicted molar refractivity (Wildman–Crippen MR) is 160 cm³/mol. The van der Waals surface area contributed by atoms with Crippen molar-refractivity contribution >= 4 is 11.6 Å². The number of carbonyl (C=O) groups excluding carboxylic acids is 1. The van der Waals surface area contributed by atoms with E-state index in [0.717, 1.165) is 46.0 Å². The standard InChI is InChI=1S/C29H37N5O2.C2H7N/c1-6-34(23-10-8-7-9-11-23)27-14-22(26-17-30-20(4)15-31-26)13-24(21(27)5)28(35)32-16-25-18(2)12-19(3)33-29(25)36;1-3-2/h12-15,17,23H,6-11,16H2,1-5H3,(H,32,35)(H,33,36);3H,1-2H3. The molecule has 1 fully saturated rings. The molecule has 1 amide bonds. The maximum Gasteiger partial charge on any atom is 0.253 e. The van der Waals surface area contributed by atoms with Gasteiger partial charge in [-0.25, -0.2) is 0 Å². The van der Waals surface area contributed by atoms with Crippen LogP contribution in [0.4, 0.5) is 5.69 Å². The van der Waals surface area contributed by atoms with Crippen molar-refractivity contribution in [1.82, 2.24) is 25.6 Å². The number of benzene rings is 1. The monoisotopic (exact) mass is 532 g/mol. The lowest BCUT2D eigenvalue weighted by Gasteiger charge is -2.37. The molecule has 0 radical (unpaired) electrons. The smallest absolute Gasteiger partial charge is 0.253 e. The van der Waals surface area contributed by atoms with Crippen molar-refractivity contribution in [2.75, 3.05) is 25.5 Å². The lowest BCUT2D eigenvalue weighted by molar-refractivity contribution is 0.0950. The molecule has 210 valence electrons. The highest BCUT2D eigenvalue weighted by Crippen LogP contribution is 2.34. The van der Waals surface area contributed by atoms with Gasteiger partial charge in [-0.05, 0) is 90.9 Å². The van der Waals surface area contributed by atoms with Crippen LogP contribution in [0.2, 0.25) is 0 Å². The average Bonchev–Trinajstić information content (AvgIpc) is 2.91. The van der Waals surface area contributed by atoms with E-state index in [1.165, 1.54) is 32.1 Å². The topological polar surface area (TPSA) is 103 Å². The second-order valence-corrected chi connectivity index (χ2v) is 10.4. The molecule has 0 aliphatic heterocycles. The van der Waals surface area contributed by atoms with Gasteiger partial charge in [-0.3, -0.25) is 19.6 Å². The van der Waals surface area contributed by atoms with Gasteiger partial charge in [0.2, 0.25) is 0 Å². The molecule has 1 saturated carbocycles. The van der Waals surface area contributed by atoms with Gasteiger partial charge in [-0.2, -0.15) is 0 Å². The van der Waals surface area contributed by atoms with E-state index in [1.54, 1.807) is 12.4 Å². The van der Waals surface area contributed by atoms with Gasteiger partial charge in [0.15, 0.2) is 0 Å². The third kappa shape index (κ3) is 7.53. The van der Waals surface area contributed by atoms with Crippen molar-refractivity contribution in [2.45, 2.75) is 79.3 Å². The number of nitrogens with one attached hydrogen (secondary N) is 3. The largest absolute Gasteiger partial charge is 0.369 e. The second-order valence-electron chi connectivity index (χ2n) is 10.4. The second kappa shape index (κ2) is 14.0. The molecule has 0 saturated heterocycles. The zero-order valence-corrected chi connectivity index (χ0v) is 24.6. The van der Waals surface area contributed by atoms with Crippen molar-refractivity contribution in [2.24, 2.45) is 0 Å². The van der Waals surface area contributed by atoms with Crippen molar-refractivity contribution in [1.29, 1.82) is 0 Å². The Bertz CT molecular complexity index is 1310. The molecule has 8 heteroatoms. The number of aromatic amines is 1. The lowest BCUT2D eigenvalue weighted by Crippen LogP contribution is -2.37. The first-order valence-electron chi connectivity index (χ1n) is 14.0. The van der Waals surface area contributed by atoms with E-state index in [4.69, 9.17) is 0 Å². The summed E-state index contributed by atoms with van der Waals surface area (Å²) in [6.45, 7) is 10.9. The summed E-state index contributed by atoms with van der Waals surface area (Å²) in [6.07, 6.45) is 9.61. The number of hydrogen-bond acceptors (Lipinski definition) is 6. The number of anilines is 1.